The van der Waals surface area contributed by atoms with E-state index in [1.165, 1.54) is 24.0 Å². The van der Waals surface area contributed by atoms with Crippen LogP contribution in [0, 0.1) is 5.41 Å². The molecule has 1 atom stereocenters. The normalized spacial score (nSPS) is 13.4. The maximum absolute atomic E-state index is 11.9. The highest BCUT2D eigenvalue weighted by Crippen LogP contribution is 2.39. The van der Waals surface area contributed by atoms with E-state index in [2.05, 4.69) is 73.3 Å². The molecule has 1 aromatic carbocycles. The molecule has 0 saturated heterocycles. The number of esters is 1. The molecule has 6 nitrogen and oxygen atoms in total. The number of ether oxygens (including phenoxy) is 1. The van der Waals surface area contributed by atoms with Crippen LogP contribution >= 0.6 is 11.3 Å². The van der Waals surface area contributed by atoms with Gasteiger partial charge in [0.2, 0.25) is 0 Å². The Morgan fingerprint density at radius 3 is 2.60 bits per heavy atom. The topological polar surface area (TPSA) is 80.0 Å². The highest BCUT2D eigenvalue weighted by atomic mass is 32.1. The summed E-state index contributed by atoms with van der Waals surface area (Å²) in [4.78, 5) is 15.9. The molecule has 4 aromatic rings. The van der Waals surface area contributed by atoms with Crippen molar-refractivity contribution in [2.24, 2.45) is 5.41 Å². The van der Waals surface area contributed by atoms with Crippen molar-refractivity contribution in [3.63, 3.8) is 0 Å². The monoisotopic (exact) mass is 441 g/mol. The van der Waals surface area contributed by atoms with E-state index in [4.69, 9.17) is 9.16 Å². The molecular weight excluding hydrogens is 414 g/mol. The van der Waals surface area contributed by atoms with Gasteiger partial charge in [-0.25, -0.2) is 4.79 Å². The number of fused-ring (bicyclic) bond motifs is 2. The van der Waals surface area contributed by atoms with Crippen molar-refractivity contribution >= 4 is 47.5 Å². The first-order chi connectivity index (χ1) is 14.2. The van der Waals surface area contributed by atoms with Crippen LogP contribution < -0.4 is 0 Å². The molecular formula is C22H27N3O3SSi. The largest absolute Gasteiger partial charge is 0.465 e. The minimum atomic E-state index is -1.19. The van der Waals surface area contributed by atoms with Gasteiger partial charge in [0.1, 0.15) is 10.6 Å². The molecule has 4 rings (SSSR count). The summed E-state index contributed by atoms with van der Waals surface area (Å²) >= 11 is 1.38. The molecule has 0 aliphatic heterocycles. The Labute approximate surface area is 181 Å². The number of methoxy groups -OCH3 is 1. The number of H-pyrrole nitrogens is 2. The molecule has 0 saturated carbocycles. The Bertz CT molecular complexity index is 1220. The average Bonchev–Trinajstić information content (AvgIpc) is 3.36. The number of aromatic nitrogens is 3. The van der Waals surface area contributed by atoms with Crippen LogP contribution in [0.4, 0.5) is 0 Å². The number of aromatic amines is 2. The third kappa shape index (κ3) is 3.82. The number of rotatable bonds is 5. The second-order valence-electron chi connectivity index (χ2n) is 8.88. The predicted molar refractivity (Wildman–Crippen MR) is 125 cm³/mol. The number of thiophene rings is 1. The van der Waals surface area contributed by atoms with Gasteiger partial charge in [-0.2, -0.15) is 5.10 Å². The van der Waals surface area contributed by atoms with Crippen LogP contribution in [0.5, 0.6) is 0 Å². The standard InChI is InChI=1S/C22H27N3O3SSi/c1-22(2,3)20(28-30(5)6)12-7-8-14-13(9-12)10-15(23-14)18-19-16(24-25-18)11-17(29-19)21(26)27-4/h7-11,20,23,30H,1-6H3,(H,24,25). The van der Waals surface area contributed by atoms with Crippen LogP contribution in [0.15, 0.2) is 30.3 Å². The van der Waals surface area contributed by atoms with E-state index in [1.54, 1.807) is 6.07 Å². The van der Waals surface area contributed by atoms with Crippen LogP contribution in [-0.2, 0) is 9.16 Å². The SMILES string of the molecule is COC(=O)c1cc2[nH]nc(-c3cc4cc(C(O[SiH](C)C)C(C)(C)C)ccc4[nH]3)c2s1. The van der Waals surface area contributed by atoms with Gasteiger partial charge in [-0.05, 0) is 48.3 Å². The van der Waals surface area contributed by atoms with E-state index < -0.39 is 9.04 Å². The van der Waals surface area contributed by atoms with Gasteiger partial charge in [0.05, 0.1) is 29.1 Å². The van der Waals surface area contributed by atoms with Crippen molar-refractivity contribution in [3.05, 3.63) is 40.8 Å². The Hall–Kier alpha value is -2.42. The molecule has 3 heterocycles. The lowest BCUT2D eigenvalue weighted by atomic mass is 9.84. The maximum Gasteiger partial charge on any atom is 0.348 e. The second-order valence-corrected chi connectivity index (χ2v) is 12.3. The van der Waals surface area contributed by atoms with Crippen molar-refractivity contribution < 1.29 is 14.0 Å². The fourth-order valence-corrected chi connectivity index (χ4v) is 5.84. The summed E-state index contributed by atoms with van der Waals surface area (Å²) in [5.41, 5.74) is 4.80. The zero-order valence-electron chi connectivity index (χ0n) is 18.1. The lowest BCUT2D eigenvalue weighted by Crippen LogP contribution is -2.25. The summed E-state index contributed by atoms with van der Waals surface area (Å²) in [6.45, 7) is 11.1. The first-order valence-electron chi connectivity index (χ1n) is 10.0. The summed E-state index contributed by atoms with van der Waals surface area (Å²) in [5.74, 6) is -0.334. The molecule has 8 heteroatoms. The van der Waals surface area contributed by atoms with Crippen LogP contribution in [-0.4, -0.2) is 37.3 Å². The van der Waals surface area contributed by atoms with Gasteiger partial charge in [-0.1, -0.05) is 26.8 Å². The molecule has 0 aliphatic rings. The molecule has 30 heavy (non-hydrogen) atoms. The average molecular weight is 442 g/mol. The Morgan fingerprint density at radius 1 is 1.17 bits per heavy atom. The minimum absolute atomic E-state index is 0.0136. The summed E-state index contributed by atoms with van der Waals surface area (Å²) in [5, 5.41) is 8.60. The van der Waals surface area contributed by atoms with Crippen molar-refractivity contribution in [1.29, 1.82) is 0 Å². The molecule has 0 bridgehead atoms. The third-order valence-corrected chi connectivity index (χ3v) is 6.96. The Morgan fingerprint density at radius 2 is 1.93 bits per heavy atom. The smallest absolute Gasteiger partial charge is 0.348 e. The number of benzene rings is 1. The van der Waals surface area contributed by atoms with E-state index >= 15 is 0 Å². The molecule has 1 unspecified atom stereocenters. The van der Waals surface area contributed by atoms with Crippen LogP contribution in [0.25, 0.3) is 32.5 Å². The first kappa shape index (κ1) is 20.8. The van der Waals surface area contributed by atoms with Gasteiger partial charge in [-0.15, -0.1) is 11.3 Å². The van der Waals surface area contributed by atoms with Crippen molar-refractivity contribution in [2.75, 3.05) is 7.11 Å². The molecule has 0 aliphatic carbocycles. The fraction of sp³-hybridized carbons (Fsp3) is 0.364. The third-order valence-electron chi connectivity index (χ3n) is 5.02. The summed E-state index contributed by atoms with van der Waals surface area (Å²) in [6, 6.07) is 10.4. The van der Waals surface area contributed by atoms with Crippen molar-refractivity contribution in [1.82, 2.24) is 15.2 Å². The van der Waals surface area contributed by atoms with Crippen molar-refractivity contribution in [2.45, 2.75) is 40.0 Å². The summed E-state index contributed by atoms with van der Waals surface area (Å²) in [6.07, 6.45) is 0.0592. The van der Waals surface area contributed by atoms with Gasteiger partial charge >= 0.3 is 5.97 Å². The fourth-order valence-electron chi connectivity index (χ4n) is 3.70. The maximum atomic E-state index is 11.9. The number of carbonyl (C=O) groups excluding carboxylic acids is 1. The van der Waals surface area contributed by atoms with Gasteiger partial charge in [0, 0.05) is 10.9 Å². The van der Waals surface area contributed by atoms with Crippen molar-refractivity contribution in [3.8, 4) is 11.4 Å². The number of hydrogen-bond acceptors (Lipinski definition) is 5. The van der Waals surface area contributed by atoms with Gasteiger partial charge in [0.15, 0.2) is 9.04 Å². The van der Waals surface area contributed by atoms with Gasteiger partial charge in [-0.3, -0.25) is 5.10 Å². The molecule has 2 N–H and O–H groups in total. The lowest BCUT2D eigenvalue weighted by Gasteiger charge is -2.33. The summed E-state index contributed by atoms with van der Waals surface area (Å²) < 4.78 is 12.2. The quantitative estimate of drug-likeness (QED) is 0.310. The van der Waals surface area contributed by atoms with E-state index in [1.807, 2.05) is 0 Å². The van der Waals surface area contributed by atoms with E-state index in [0.29, 0.717) is 4.88 Å². The highest BCUT2D eigenvalue weighted by Gasteiger charge is 2.28. The zero-order valence-corrected chi connectivity index (χ0v) is 20.1. The molecule has 0 fully saturated rings. The minimum Gasteiger partial charge on any atom is -0.465 e. The van der Waals surface area contributed by atoms with Crippen LogP contribution in [0.1, 0.15) is 42.1 Å². The lowest BCUT2D eigenvalue weighted by molar-refractivity contribution is 0.0606. The first-order valence-corrected chi connectivity index (χ1v) is 13.6. The highest BCUT2D eigenvalue weighted by molar-refractivity contribution is 7.21. The van der Waals surface area contributed by atoms with Gasteiger partial charge in [0.25, 0.3) is 0 Å². The Balaban J connectivity index is 1.75. The number of carbonyl (C=O) groups is 1. The van der Waals surface area contributed by atoms with E-state index in [9.17, 15) is 4.79 Å². The van der Waals surface area contributed by atoms with E-state index in [0.717, 1.165) is 32.5 Å². The predicted octanol–water partition coefficient (Wildman–Crippen LogP) is 5.65. The number of hydrogen-bond donors (Lipinski definition) is 2. The molecule has 0 radical (unpaired) electrons. The van der Waals surface area contributed by atoms with Crippen LogP contribution in [0.3, 0.4) is 0 Å². The molecule has 3 aromatic heterocycles. The second kappa shape index (κ2) is 7.68. The number of nitrogens with zero attached hydrogens (tertiary/aromatic N) is 1. The summed E-state index contributed by atoms with van der Waals surface area (Å²) in [7, 11) is 0.199. The van der Waals surface area contributed by atoms with Crippen LogP contribution in [0.2, 0.25) is 13.1 Å². The molecule has 158 valence electrons. The Kier molecular flexibility index (Phi) is 5.33. The molecule has 0 amide bonds. The van der Waals surface area contributed by atoms with E-state index in [-0.39, 0.29) is 17.5 Å². The molecule has 0 spiro atoms. The zero-order chi connectivity index (χ0) is 21.6. The number of nitrogens with one attached hydrogen (secondary N) is 2. The van der Waals surface area contributed by atoms with Gasteiger partial charge < -0.3 is 14.1 Å².